The molecule has 1 unspecified atom stereocenters. The summed E-state index contributed by atoms with van der Waals surface area (Å²) in [5.74, 6) is -0.114. The molecule has 108 valence electrons. The van der Waals surface area contributed by atoms with Crippen LogP contribution in [-0.2, 0) is 6.54 Å². The first kappa shape index (κ1) is 16.0. The number of unbranched alkanes of at least 4 members (excludes halogenated alkanes) is 1. The van der Waals surface area contributed by atoms with Gasteiger partial charge in [-0.25, -0.2) is 4.39 Å². The summed E-state index contributed by atoms with van der Waals surface area (Å²) >= 11 is 0. The minimum Gasteiger partial charge on any atom is -0.368 e. The highest BCUT2D eigenvalue weighted by atomic mass is 19.1. The molecule has 0 radical (unpaired) electrons. The zero-order valence-corrected chi connectivity index (χ0v) is 12.7. The second-order valence-electron chi connectivity index (χ2n) is 5.07. The van der Waals surface area contributed by atoms with E-state index in [-0.39, 0.29) is 5.82 Å². The van der Waals surface area contributed by atoms with Crippen molar-refractivity contribution in [1.29, 1.82) is 0 Å². The minimum atomic E-state index is -0.114. The molecule has 19 heavy (non-hydrogen) atoms. The highest BCUT2D eigenvalue weighted by Gasteiger charge is 2.17. The van der Waals surface area contributed by atoms with Crippen LogP contribution in [0.2, 0.25) is 0 Å². The summed E-state index contributed by atoms with van der Waals surface area (Å²) in [6.45, 7) is 8.14. The summed E-state index contributed by atoms with van der Waals surface area (Å²) in [6.07, 6.45) is 3.36. The van der Waals surface area contributed by atoms with Crippen molar-refractivity contribution in [2.24, 2.45) is 0 Å². The summed E-state index contributed by atoms with van der Waals surface area (Å²) in [5, 5.41) is 3.07. The molecule has 0 fully saturated rings. The second-order valence-corrected chi connectivity index (χ2v) is 5.07. The van der Waals surface area contributed by atoms with Gasteiger partial charge < -0.3 is 10.2 Å². The van der Waals surface area contributed by atoms with E-state index in [0.29, 0.717) is 12.6 Å². The number of benzene rings is 1. The first-order valence-electron chi connectivity index (χ1n) is 7.34. The molecule has 1 rings (SSSR count). The highest BCUT2D eigenvalue weighted by molar-refractivity contribution is 5.55. The molecule has 0 saturated heterocycles. The number of nitrogens with zero attached hydrogens (tertiary/aromatic N) is 1. The van der Waals surface area contributed by atoms with E-state index in [0.717, 1.165) is 37.1 Å². The third-order valence-corrected chi connectivity index (χ3v) is 3.63. The van der Waals surface area contributed by atoms with Crippen molar-refractivity contribution in [2.75, 3.05) is 18.5 Å². The van der Waals surface area contributed by atoms with E-state index in [4.69, 9.17) is 0 Å². The van der Waals surface area contributed by atoms with Crippen LogP contribution in [0.1, 0.15) is 45.6 Å². The maximum Gasteiger partial charge on any atom is 0.129 e. The fraction of sp³-hybridized carbons (Fsp3) is 0.625. The van der Waals surface area contributed by atoms with Crippen LogP contribution >= 0.6 is 0 Å². The summed E-state index contributed by atoms with van der Waals surface area (Å²) in [5.41, 5.74) is 1.82. The van der Waals surface area contributed by atoms with Crippen molar-refractivity contribution < 1.29 is 4.39 Å². The lowest BCUT2D eigenvalue weighted by Gasteiger charge is -2.32. The third kappa shape index (κ3) is 4.20. The predicted molar refractivity (Wildman–Crippen MR) is 81.2 cm³/mol. The van der Waals surface area contributed by atoms with Gasteiger partial charge in [0, 0.05) is 30.4 Å². The third-order valence-electron chi connectivity index (χ3n) is 3.63. The normalized spacial score (nSPS) is 12.5. The zero-order chi connectivity index (χ0) is 14.3. The molecule has 0 heterocycles. The molecule has 1 aromatic carbocycles. The molecule has 0 aliphatic carbocycles. The average molecular weight is 266 g/mol. The van der Waals surface area contributed by atoms with Crippen LogP contribution in [-0.4, -0.2) is 19.6 Å². The van der Waals surface area contributed by atoms with Crippen molar-refractivity contribution in [1.82, 2.24) is 5.32 Å². The molecule has 0 amide bonds. The Morgan fingerprint density at radius 2 is 2.05 bits per heavy atom. The van der Waals surface area contributed by atoms with E-state index in [9.17, 15) is 4.39 Å². The number of hydrogen-bond donors (Lipinski definition) is 1. The Morgan fingerprint density at radius 3 is 2.63 bits per heavy atom. The van der Waals surface area contributed by atoms with Crippen LogP contribution in [0.25, 0.3) is 0 Å². The van der Waals surface area contributed by atoms with Crippen LogP contribution < -0.4 is 10.2 Å². The molecular formula is C16H27FN2. The Kier molecular flexibility index (Phi) is 6.85. The van der Waals surface area contributed by atoms with E-state index in [2.05, 4.69) is 31.0 Å². The van der Waals surface area contributed by atoms with Gasteiger partial charge in [0.25, 0.3) is 0 Å². The van der Waals surface area contributed by atoms with Gasteiger partial charge in [-0.05, 0) is 38.9 Å². The molecule has 2 nitrogen and oxygen atoms in total. The lowest BCUT2D eigenvalue weighted by Crippen LogP contribution is -2.34. The van der Waals surface area contributed by atoms with Gasteiger partial charge in [0.2, 0.25) is 0 Å². The second kappa shape index (κ2) is 8.16. The van der Waals surface area contributed by atoms with Crippen LogP contribution in [0.3, 0.4) is 0 Å². The Labute approximate surface area is 117 Å². The van der Waals surface area contributed by atoms with Gasteiger partial charge in [-0.1, -0.05) is 26.3 Å². The van der Waals surface area contributed by atoms with E-state index >= 15 is 0 Å². The molecule has 0 bridgehead atoms. The van der Waals surface area contributed by atoms with Gasteiger partial charge in [-0.15, -0.1) is 0 Å². The summed E-state index contributed by atoms with van der Waals surface area (Å²) in [6, 6.07) is 5.83. The Balaban J connectivity index is 3.09. The average Bonchev–Trinajstić information content (AvgIpc) is 2.42. The van der Waals surface area contributed by atoms with Gasteiger partial charge in [-0.3, -0.25) is 0 Å². The SMILES string of the molecule is CCCCN(c1cccc(F)c1CNC)C(C)CC. The quantitative estimate of drug-likeness (QED) is 0.766. The lowest BCUT2D eigenvalue weighted by atomic mass is 10.1. The van der Waals surface area contributed by atoms with Crippen LogP contribution in [0.5, 0.6) is 0 Å². The Bertz CT molecular complexity index is 379. The first-order chi connectivity index (χ1) is 9.15. The van der Waals surface area contributed by atoms with Gasteiger partial charge >= 0.3 is 0 Å². The minimum absolute atomic E-state index is 0.114. The van der Waals surface area contributed by atoms with Crippen molar-refractivity contribution in [3.63, 3.8) is 0 Å². The van der Waals surface area contributed by atoms with E-state index < -0.39 is 0 Å². The molecule has 0 saturated carbocycles. The van der Waals surface area contributed by atoms with E-state index in [1.807, 2.05) is 19.2 Å². The molecule has 0 aromatic heterocycles. The van der Waals surface area contributed by atoms with Crippen LogP contribution in [0, 0.1) is 5.82 Å². The van der Waals surface area contributed by atoms with Crippen molar-refractivity contribution >= 4 is 5.69 Å². The number of halogens is 1. The molecular weight excluding hydrogens is 239 g/mol. The van der Waals surface area contributed by atoms with Crippen molar-refractivity contribution in [3.8, 4) is 0 Å². The highest BCUT2D eigenvalue weighted by Crippen LogP contribution is 2.26. The molecule has 1 aromatic rings. The number of hydrogen-bond acceptors (Lipinski definition) is 2. The molecule has 0 spiro atoms. The van der Waals surface area contributed by atoms with Crippen LogP contribution in [0.15, 0.2) is 18.2 Å². The van der Waals surface area contributed by atoms with Gasteiger partial charge in [0.1, 0.15) is 5.82 Å². The monoisotopic (exact) mass is 266 g/mol. The molecule has 1 N–H and O–H groups in total. The zero-order valence-electron chi connectivity index (χ0n) is 12.7. The first-order valence-corrected chi connectivity index (χ1v) is 7.34. The number of nitrogens with one attached hydrogen (secondary N) is 1. The number of rotatable bonds is 8. The summed E-state index contributed by atoms with van der Waals surface area (Å²) < 4.78 is 14.0. The fourth-order valence-corrected chi connectivity index (χ4v) is 2.30. The van der Waals surface area contributed by atoms with Crippen molar-refractivity contribution in [2.45, 2.75) is 52.6 Å². The van der Waals surface area contributed by atoms with E-state index in [1.165, 1.54) is 0 Å². The lowest BCUT2D eigenvalue weighted by molar-refractivity contribution is 0.574. The molecule has 3 heteroatoms. The fourth-order valence-electron chi connectivity index (χ4n) is 2.30. The summed E-state index contributed by atoms with van der Waals surface area (Å²) in [4.78, 5) is 2.35. The molecule has 0 aliphatic heterocycles. The maximum absolute atomic E-state index is 14.0. The smallest absolute Gasteiger partial charge is 0.129 e. The van der Waals surface area contributed by atoms with Gasteiger partial charge in [0.15, 0.2) is 0 Å². The van der Waals surface area contributed by atoms with Crippen molar-refractivity contribution in [3.05, 3.63) is 29.6 Å². The standard InChI is InChI=1S/C16H27FN2/c1-5-7-11-19(13(3)6-2)16-10-8-9-15(17)14(16)12-18-4/h8-10,13,18H,5-7,11-12H2,1-4H3. The topological polar surface area (TPSA) is 15.3 Å². The molecule has 0 aliphatic rings. The Hall–Kier alpha value is -1.09. The molecule has 1 atom stereocenters. The number of anilines is 1. The predicted octanol–water partition coefficient (Wildman–Crippen LogP) is 3.95. The van der Waals surface area contributed by atoms with Gasteiger partial charge in [0.05, 0.1) is 0 Å². The van der Waals surface area contributed by atoms with Gasteiger partial charge in [-0.2, -0.15) is 0 Å². The summed E-state index contributed by atoms with van der Waals surface area (Å²) in [7, 11) is 1.86. The Morgan fingerprint density at radius 1 is 1.32 bits per heavy atom. The van der Waals surface area contributed by atoms with E-state index in [1.54, 1.807) is 6.07 Å². The van der Waals surface area contributed by atoms with Crippen LogP contribution in [0.4, 0.5) is 10.1 Å². The maximum atomic E-state index is 14.0. The largest absolute Gasteiger partial charge is 0.368 e.